The zero-order chi connectivity index (χ0) is 21.1. The van der Waals surface area contributed by atoms with Gasteiger partial charge in [-0.1, -0.05) is 23.7 Å². The average molecular weight is 431 g/mol. The Labute approximate surface area is 179 Å². The summed E-state index contributed by atoms with van der Waals surface area (Å²) in [4.78, 5) is 28.8. The number of carbonyl (C=O) groups is 2. The van der Waals surface area contributed by atoms with Crippen LogP contribution in [0.15, 0.2) is 36.4 Å². The number of rotatable bonds is 3. The Morgan fingerprint density at radius 1 is 1.00 bits per heavy atom. The molecule has 0 bridgehead atoms. The van der Waals surface area contributed by atoms with Gasteiger partial charge in [0.2, 0.25) is 5.91 Å². The first-order valence-electron chi connectivity index (χ1n) is 9.96. The summed E-state index contributed by atoms with van der Waals surface area (Å²) in [6.45, 7) is 2.82. The fourth-order valence-electron chi connectivity index (χ4n) is 3.66. The van der Waals surface area contributed by atoms with E-state index in [2.05, 4.69) is 0 Å². The summed E-state index contributed by atoms with van der Waals surface area (Å²) < 4.78 is 11.3. The highest BCUT2D eigenvalue weighted by Crippen LogP contribution is 2.38. The van der Waals surface area contributed by atoms with E-state index in [0.29, 0.717) is 55.9 Å². The fraction of sp³-hybridized carbons (Fsp3) is 0.364. The summed E-state index contributed by atoms with van der Waals surface area (Å²) >= 11 is 6.32. The van der Waals surface area contributed by atoms with Crippen molar-refractivity contribution in [3.8, 4) is 17.2 Å². The molecule has 2 aromatic carbocycles. The lowest BCUT2D eigenvalue weighted by molar-refractivity contribution is -0.131. The lowest BCUT2D eigenvalue weighted by Gasteiger charge is -2.35. The normalized spacial score (nSPS) is 16.2. The van der Waals surface area contributed by atoms with E-state index in [-0.39, 0.29) is 29.5 Å². The number of para-hydroxylation sites is 1. The van der Waals surface area contributed by atoms with Gasteiger partial charge < -0.3 is 24.4 Å². The highest BCUT2D eigenvalue weighted by molar-refractivity contribution is 6.32. The molecule has 0 atom stereocenters. The van der Waals surface area contributed by atoms with Crippen LogP contribution in [0, 0.1) is 0 Å². The standard InChI is InChI=1S/C22H23ClN2O5/c23-17-12-15(13-19-21(17)30-11-3-10-29-19)14-20(27)24-6-8-25(9-7-24)22(28)16-4-1-2-5-18(16)26/h1-2,4-5,12-13,26H,3,6-11,14H2. The Balaban J connectivity index is 1.37. The maximum atomic E-state index is 12.8. The summed E-state index contributed by atoms with van der Waals surface area (Å²) in [7, 11) is 0. The van der Waals surface area contributed by atoms with Crippen molar-refractivity contribution in [1.82, 2.24) is 9.80 Å². The van der Waals surface area contributed by atoms with Crippen LogP contribution >= 0.6 is 11.6 Å². The molecule has 2 heterocycles. The van der Waals surface area contributed by atoms with Crippen molar-refractivity contribution in [3.05, 3.63) is 52.5 Å². The number of phenols is 1. The topological polar surface area (TPSA) is 79.3 Å². The molecule has 0 aromatic heterocycles. The van der Waals surface area contributed by atoms with Crippen molar-refractivity contribution < 1.29 is 24.2 Å². The van der Waals surface area contributed by atoms with Crippen LogP contribution in [0.2, 0.25) is 5.02 Å². The van der Waals surface area contributed by atoms with Crippen LogP contribution in [0.3, 0.4) is 0 Å². The van der Waals surface area contributed by atoms with Crippen molar-refractivity contribution in [3.63, 3.8) is 0 Å². The number of amides is 2. The number of aromatic hydroxyl groups is 1. The number of hydrogen-bond donors (Lipinski definition) is 1. The minimum absolute atomic E-state index is 0.0322. The molecule has 8 heteroatoms. The molecule has 7 nitrogen and oxygen atoms in total. The van der Waals surface area contributed by atoms with Crippen molar-refractivity contribution in [2.75, 3.05) is 39.4 Å². The van der Waals surface area contributed by atoms with Crippen molar-refractivity contribution in [2.24, 2.45) is 0 Å². The fourth-order valence-corrected chi connectivity index (χ4v) is 3.94. The van der Waals surface area contributed by atoms with Gasteiger partial charge in [-0.2, -0.15) is 0 Å². The SMILES string of the molecule is O=C(Cc1cc(Cl)c2c(c1)OCCCO2)N1CCN(C(=O)c2ccccc2O)CC1. The lowest BCUT2D eigenvalue weighted by Crippen LogP contribution is -2.51. The second-order valence-electron chi connectivity index (χ2n) is 7.32. The van der Waals surface area contributed by atoms with E-state index in [1.165, 1.54) is 6.07 Å². The van der Waals surface area contributed by atoms with E-state index in [0.717, 1.165) is 12.0 Å². The second kappa shape index (κ2) is 8.83. The van der Waals surface area contributed by atoms with Crippen LogP contribution in [-0.4, -0.2) is 66.1 Å². The van der Waals surface area contributed by atoms with Crippen molar-refractivity contribution in [1.29, 1.82) is 0 Å². The van der Waals surface area contributed by atoms with Crippen molar-refractivity contribution in [2.45, 2.75) is 12.8 Å². The Bertz CT molecular complexity index is 957. The molecule has 2 aliphatic heterocycles. The zero-order valence-electron chi connectivity index (χ0n) is 16.5. The smallest absolute Gasteiger partial charge is 0.257 e. The van der Waals surface area contributed by atoms with Gasteiger partial charge in [-0.25, -0.2) is 0 Å². The molecule has 2 amide bonds. The van der Waals surface area contributed by atoms with Gasteiger partial charge >= 0.3 is 0 Å². The summed E-state index contributed by atoms with van der Waals surface area (Å²) in [5, 5.41) is 10.3. The van der Waals surface area contributed by atoms with Crippen LogP contribution in [0.4, 0.5) is 0 Å². The van der Waals surface area contributed by atoms with Gasteiger partial charge in [0.25, 0.3) is 5.91 Å². The molecule has 2 aromatic rings. The molecule has 1 N–H and O–H groups in total. The number of halogens is 1. The van der Waals surface area contributed by atoms with Gasteiger partial charge in [-0.15, -0.1) is 0 Å². The highest BCUT2D eigenvalue weighted by Gasteiger charge is 2.26. The molecular formula is C22H23ClN2O5. The van der Waals surface area contributed by atoms with E-state index < -0.39 is 0 Å². The Morgan fingerprint density at radius 3 is 2.47 bits per heavy atom. The predicted octanol–water partition coefficient (Wildman–Crippen LogP) is 2.73. The first-order valence-corrected chi connectivity index (χ1v) is 10.3. The molecule has 0 aliphatic carbocycles. The molecule has 158 valence electrons. The van der Waals surface area contributed by atoms with Gasteiger partial charge in [0.1, 0.15) is 5.75 Å². The molecule has 0 radical (unpaired) electrons. The van der Waals surface area contributed by atoms with E-state index in [9.17, 15) is 14.7 Å². The van der Waals surface area contributed by atoms with Crippen LogP contribution in [0.25, 0.3) is 0 Å². The number of phenolic OH excluding ortho intramolecular Hbond substituents is 1. The number of nitrogens with zero attached hydrogens (tertiary/aromatic N) is 2. The van der Waals surface area contributed by atoms with Crippen LogP contribution in [0.5, 0.6) is 17.2 Å². The summed E-state index contributed by atoms with van der Waals surface area (Å²) in [6, 6.07) is 10.0. The zero-order valence-corrected chi connectivity index (χ0v) is 17.2. The number of carbonyl (C=O) groups excluding carboxylic acids is 2. The van der Waals surface area contributed by atoms with Gasteiger partial charge in [0.05, 0.1) is 30.2 Å². The van der Waals surface area contributed by atoms with Gasteiger partial charge in [0, 0.05) is 32.6 Å². The number of benzene rings is 2. The van der Waals surface area contributed by atoms with Crippen molar-refractivity contribution >= 4 is 23.4 Å². The summed E-state index contributed by atoms with van der Waals surface area (Å²) in [5.41, 5.74) is 1.04. The van der Waals surface area contributed by atoms with Gasteiger partial charge in [0.15, 0.2) is 11.5 Å². The van der Waals surface area contributed by atoms with E-state index >= 15 is 0 Å². The van der Waals surface area contributed by atoms with Crippen LogP contribution < -0.4 is 9.47 Å². The summed E-state index contributed by atoms with van der Waals surface area (Å²) in [5.74, 6) is 0.805. The number of hydrogen-bond acceptors (Lipinski definition) is 5. The van der Waals surface area contributed by atoms with E-state index in [4.69, 9.17) is 21.1 Å². The average Bonchev–Trinajstić information content (AvgIpc) is 3.00. The molecule has 4 rings (SSSR count). The molecule has 1 saturated heterocycles. The quantitative estimate of drug-likeness (QED) is 0.810. The number of piperazine rings is 1. The van der Waals surface area contributed by atoms with Crippen LogP contribution in [-0.2, 0) is 11.2 Å². The Hall–Kier alpha value is -2.93. The Kier molecular flexibility index (Phi) is 5.99. The molecule has 2 aliphatic rings. The third kappa shape index (κ3) is 4.31. The monoisotopic (exact) mass is 430 g/mol. The minimum Gasteiger partial charge on any atom is -0.507 e. The molecule has 0 saturated carbocycles. The molecular weight excluding hydrogens is 408 g/mol. The maximum Gasteiger partial charge on any atom is 0.257 e. The maximum absolute atomic E-state index is 12.8. The minimum atomic E-state index is -0.227. The first kappa shape index (κ1) is 20.3. The van der Waals surface area contributed by atoms with Gasteiger partial charge in [-0.3, -0.25) is 9.59 Å². The third-order valence-electron chi connectivity index (χ3n) is 5.27. The van der Waals surface area contributed by atoms with Crippen LogP contribution in [0.1, 0.15) is 22.3 Å². The third-order valence-corrected chi connectivity index (χ3v) is 5.55. The van der Waals surface area contributed by atoms with E-state index in [1.54, 1.807) is 34.1 Å². The largest absolute Gasteiger partial charge is 0.507 e. The first-order chi connectivity index (χ1) is 14.5. The number of ether oxygens (including phenoxy) is 2. The lowest BCUT2D eigenvalue weighted by atomic mass is 10.1. The van der Waals surface area contributed by atoms with Gasteiger partial charge in [-0.05, 0) is 29.8 Å². The molecule has 1 fully saturated rings. The number of fused-ring (bicyclic) bond motifs is 1. The summed E-state index contributed by atoms with van der Waals surface area (Å²) in [6.07, 6.45) is 0.979. The highest BCUT2D eigenvalue weighted by atomic mass is 35.5. The predicted molar refractivity (Wildman–Crippen MR) is 111 cm³/mol. The van der Waals surface area contributed by atoms with E-state index in [1.807, 2.05) is 6.07 Å². The molecule has 0 spiro atoms. The second-order valence-corrected chi connectivity index (χ2v) is 7.73. The Morgan fingerprint density at radius 2 is 1.70 bits per heavy atom. The molecule has 30 heavy (non-hydrogen) atoms. The molecule has 0 unspecified atom stereocenters.